The van der Waals surface area contributed by atoms with Crippen molar-refractivity contribution < 1.29 is 0 Å². The van der Waals surface area contributed by atoms with Gasteiger partial charge in [-0.25, -0.2) is 0 Å². The average Bonchev–Trinajstić information content (AvgIpc) is 2.67. The largest absolute Gasteiger partial charge is 0.330 e. The van der Waals surface area contributed by atoms with Crippen LogP contribution in [0.2, 0.25) is 10.0 Å². The number of rotatable bonds is 2. The third-order valence-electron chi connectivity index (χ3n) is 3.07. The van der Waals surface area contributed by atoms with E-state index in [1.165, 1.54) is 0 Å². The molecule has 15 heavy (non-hydrogen) atoms. The second-order valence-corrected chi connectivity index (χ2v) is 4.78. The van der Waals surface area contributed by atoms with E-state index in [1.807, 2.05) is 18.2 Å². The summed E-state index contributed by atoms with van der Waals surface area (Å²) in [4.78, 5) is 0. The molecule has 0 atom stereocenters. The molecule has 1 aromatic rings. The maximum atomic E-state index is 6.21. The van der Waals surface area contributed by atoms with Crippen LogP contribution in [0.5, 0.6) is 0 Å². The Bertz CT molecular complexity index is 370. The predicted octanol–water partition coefficient (Wildman–Crippen LogP) is 3.54. The summed E-state index contributed by atoms with van der Waals surface area (Å²) in [6.45, 7) is 0.573. The molecule has 0 bridgehead atoms. The van der Waals surface area contributed by atoms with Crippen molar-refractivity contribution in [3.8, 4) is 0 Å². The molecule has 0 unspecified atom stereocenters. The molecule has 0 aromatic heterocycles. The van der Waals surface area contributed by atoms with Crippen molar-refractivity contribution in [2.45, 2.75) is 18.3 Å². The lowest BCUT2D eigenvalue weighted by Crippen LogP contribution is -2.33. The number of nitrogens with two attached hydrogens (primary N) is 1. The Morgan fingerprint density at radius 2 is 1.67 bits per heavy atom. The van der Waals surface area contributed by atoms with Crippen LogP contribution in [0.4, 0.5) is 0 Å². The van der Waals surface area contributed by atoms with E-state index >= 15 is 0 Å². The first-order valence-corrected chi connectivity index (χ1v) is 5.75. The van der Waals surface area contributed by atoms with Gasteiger partial charge in [-0.3, -0.25) is 0 Å². The van der Waals surface area contributed by atoms with Crippen molar-refractivity contribution in [2.75, 3.05) is 6.54 Å². The monoisotopic (exact) mass is 241 g/mol. The van der Waals surface area contributed by atoms with Gasteiger partial charge < -0.3 is 5.73 Å². The highest BCUT2D eigenvalue weighted by molar-refractivity contribution is 6.36. The molecule has 1 aliphatic carbocycles. The summed E-state index contributed by atoms with van der Waals surface area (Å²) in [7, 11) is 0. The quantitative estimate of drug-likeness (QED) is 0.788. The fourth-order valence-corrected chi connectivity index (χ4v) is 2.98. The SMILES string of the molecule is NCC1(c2c(Cl)cccc2Cl)CC=CC1. The lowest BCUT2D eigenvalue weighted by Gasteiger charge is -2.29. The van der Waals surface area contributed by atoms with Crippen LogP contribution in [0.3, 0.4) is 0 Å². The zero-order valence-electron chi connectivity index (χ0n) is 8.34. The normalized spacial score (nSPS) is 18.3. The summed E-state index contributed by atoms with van der Waals surface area (Å²) in [5, 5.41) is 1.44. The van der Waals surface area contributed by atoms with Crippen molar-refractivity contribution in [1.29, 1.82) is 0 Å². The summed E-state index contributed by atoms with van der Waals surface area (Å²) in [5.41, 5.74) is 6.79. The van der Waals surface area contributed by atoms with Crippen molar-refractivity contribution in [1.82, 2.24) is 0 Å². The molecule has 0 spiro atoms. The number of halogens is 2. The van der Waals surface area contributed by atoms with Gasteiger partial charge in [-0.15, -0.1) is 0 Å². The van der Waals surface area contributed by atoms with Crippen molar-refractivity contribution in [2.24, 2.45) is 5.73 Å². The maximum absolute atomic E-state index is 6.21. The Balaban J connectivity index is 2.52. The van der Waals surface area contributed by atoms with Gasteiger partial charge in [-0.2, -0.15) is 0 Å². The Morgan fingerprint density at radius 1 is 1.13 bits per heavy atom. The van der Waals surface area contributed by atoms with E-state index in [2.05, 4.69) is 12.2 Å². The average molecular weight is 242 g/mol. The molecule has 1 aromatic carbocycles. The van der Waals surface area contributed by atoms with E-state index in [0.717, 1.165) is 28.5 Å². The van der Waals surface area contributed by atoms with E-state index < -0.39 is 0 Å². The molecular weight excluding hydrogens is 229 g/mol. The molecule has 3 heteroatoms. The van der Waals surface area contributed by atoms with Crippen LogP contribution in [-0.4, -0.2) is 6.54 Å². The zero-order valence-corrected chi connectivity index (χ0v) is 9.85. The van der Waals surface area contributed by atoms with Crippen molar-refractivity contribution in [3.63, 3.8) is 0 Å². The van der Waals surface area contributed by atoms with Crippen molar-refractivity contribution >= 4 is 23.2 Å². The molecule has 1 aliphatic rings. The molecule has 0 amide bonds. The third kappa shape index (κ3) is 1.80. The summed E-state index contributed by atoms with van der Waals surface area (Å²) in [5.74, 6) is 0. The van der Waals surface area contributed by atoms with Crippen LogP contribution in [0.15, 0.2) is 30.4 Å². The maximum Gasteiger partial charge on any atom is 0.0459 e. The van der Waals surface area contributed by atoms with Gasteiger partial charge in [0.1, 0.15) is 0 Å². The van der Waals surface area contributed by atoms with Gasteiger partial charge in [-0.1, -0.05) is 41.4 Å². The Morgan fingerprint density at radius 3 is 2.13 bits per heavy atom. The van der Waals surface area contributed by atoms with Gasteiger partial charge in [0.2, 0.25) is 0 Å². The predicted molar refractivity (Wildman–Crippen MR) is 65.6 cm³/mol. The van der Waals surface area contributed by atoms with E-state index in [-0.39, 0.29) is 5.41 Å². The number of hydrogen-bond donors (Lipinski definition) is 1. The molecule has 0 heterocycles. The van der Waals surface area contributed by atoms with Crippen LogP contribution in [-0.2, 0) is 5.41 Å². The minimum Gasteiger partial charge on any atom is -0.330 e. The van der Waals surface area contributed by atoms with Crippen LogP contribution < -0.4 is 5.73 Å². The molecule has 2 N–H and O–H groups in total. The lowest BCUT2D eigenvalue weighted by molar-refractivity contribution is 0.471. The molecule has 0 saturated heterocycles. The molecule has 0 saturated carbocycles. The van der Waals surface area contributed by atoms with Gasteiger partial charge in [0.25, 0.3) is 0 Å². The van der Waals surface area contributed by atoms with Gasteiger partial charge in [0.05, 0.1) is 0 Å². The second-order valence-electron chi connectivity index (χ2n) is 3.96. The molecule has 2 rings (SSSR count). The fraction of sp³-hybridized carbons (Fsp3) is 0.333. The Kier molecular flexibility index (Phi) is 3.06. The molecule has 1 nitrogen and oxygen atoms in total. The van der Waals surface area contributed by atoms with Crippen molar-refractivity contribution in [3.05, 3.63) is 46.0 Å². The van der Waals surface area contributed by atoms with E-state index in [0.29, 0.717) is 6.54 Å². The molecule has 0 fully saturated rings. The van der Waals surface area contributed by atoms with Gasteiger partial charge >= 0.3 is 0 Å². The molecule has 80 valence electrons. The van der Waals surface area contributed by atoms with Crippen LogP contribution in [0.25, 0.3) is 0 Å². The number of allylic oxidation sites excluding steroid dienone is 2. The smallest absolute Gasteiger partial charge is 0.0459 e. The fourth-order valence-electron chi connectivity index (χ4n) is 2.18. The summed E-state index contributed by atoms with van der Waals surface area (Å²) in [6.07, 6.45) is 6.14. The standard InChI is InChI=1S/C12H13Cl2N/c13-9-4-3-5-10(14)11(9)12(8-15)6-1-2-7-12/h1-5H,6-8,15H2. The lowest BCUT2D eigenvalue weighted by atomic mass is 9.78. The zero-order chi connectivity index (χ0) is 10.9. The second kappa shape index (κ2) is 4.17. The molecular formula is C12H13Cl2N. The van der Waals surface area contributed by atoms with Gasteiger partial charge in [-0.05, 0) is 30.5 Å². The Labute approximate surface area is 99.9 Å². The number of benzene rings is 1. The molecule has 0 aliphatic heterocycles. The first-order valence-electron chi connectivity index (χ1n) is 4.99. The molecule has 0 radical (unpaired) electrons. The minimum atomic E-state index is -0.0879. The van der Waals surface area contributed by atoms with Crippen LogP contribution in [0, 0.1) is 0 Å². The van der Waals surface area contributed by atoms with Crippen LogP contribution >= 0.6 is 23.2 Å². The van der Waals surface area contributed by atoms with E-state index in [4.69, 9.17) is 28.9 Å². The highest BCUT2D eigenvalue weighted by Crippen LogP contribution is 2.43. The summed E-state index contributed by atoms with van der Waals surface area (Å²) in [6, 6.07) is 5.61. The van der Waals surface area contributed by atoms with E-state index in [1.54, 1.807) is 0 Å². The van der Waals surface area contributed by atoms with Gasteiger partial charge in [0.15, 0.2) is 0 Å². The highest BCUT2D eigenvalue weighted by Gasteiger charge is 2.34. The summed E-state index contributed by atoms with van der Waals surface area (Å²) < 4.78 is 0. The van der Waals surface area contributed by atoms with Gasteiger partial charge in [0, 0.05) is 22.0 Å². The Hall–Kier alpha value is -0.500. The highest BCUT2D eigenvalue weighted by atomic mass is 35.5. The first-order chi connectivity index (χ1) is 7.19. The summed E-state index contributed by atoms with van der Waals surface area (Å²) >= 11 is 12.4. The number of hydrogen-bond acceptors (Lipinski definition) is 1. The van der Waals surface area contributed by atoms with Crippen LogP contribution in [0.1, 0.15) is 18.4 Å². The van der Waals surface area contributed by atoms with E-state index in [9.17, 15) is 0 Å². The topological polar surface area (TPSA) is 26.0 Å². The first kappa shape index (κ1) is 11.0. The third-order valence-corrected chi connectivity index (χ3v) is 3.70. The minimum absolute atomic E-state index is 0.0879.